The van der Waals surface area contributed by atoms with E-state index in [1.54, 1.807) is 0 Å². The average Bonchev–Trinajstić information content (AvgIpc) is 2.36. The van der Waals surface area contributed by atoms with Crippen molar-refractivity contribution < 1.29 is 19.0 Å². The predicted molar refractivity (Wildman–Crippen MR) is 80.9 cm³/mol. The number of nitriles is 1. The molecular formula is C17H27NO4. The maximum atomic E-state index is 12.1. The van der Waals surface area contributed by atoms with Crippen molar-refractivity contribution in [2.75, 3.05) is 0 Å². The number of hydrogen-bond acceptors (Lipinski definition) is 5. The summed E-state index contributed by atoms with van der Waals surface area (Å²) in [7, 11) is 0. The van der Waals surface area contributed by atoms with Gasteiger partial charge in [-0.05, 0) is 33.6 Å². The molecule has 2 rings (SSSR count). The molecule has 0 aromatic rings. The SMILES string of the molecule is CC(C)(C)OC(=O)C[C@@H]1C[C@H](CC#N)OC2(CCCCC2)O1. The van der Waals surface area contributed by atoms with Gasteiger partial charge in [-0.2, -0.15) is 5.26 Å². The molecular weight excluding hydrogens is 282 g/mol. The number of nitrogens with zero attached hydrogens (tertiary/aromatic N) is 1. The van der Waals surface area contributed by atoms with Crippen LogP contribution >= 0.6 is 0 Å². The molecule has 2 fully saturated rings. The Hall–Kier alpha value is -1.12. The Morgan fingerprint density at radius 2 is 1.86 bits per heavy atom. The minimum absolute atomic E-state index is 0.149. The molecule has 22 heavy (non-hydrogen) atoms. The van der Waals surface area contributed by atoms with Gasteiger partial charge in [0.2, 0.25) is 0 Å². The molecule has 0 amide bonds. The van der Waals surface area contributed by atoms with E-state index < -0.39 is 11.4 Å². The van der Waals surface area contributed by atoms with Crippen molar-refractivity contribution in [1.82, 2.24) is 0 Å². The maximum Gasteiger partial charge on any atom is 0.308 e. The van der Waals surface area contributed by atoms with Crippen LogP contribution in [0, 0.1) is 11.3 Å². The fraction of sp³-hybridized carbons (Fsp3) is 0.882. The molecule has 2 atom stereocenters. The topological polar surface area (TPSA) is 68.6 Å². The van der Waals surface area contributed by atoms with Gasteiger partial charge in [0, 0.05) is 19.3 Å². The summed E-state index contributed by atoms with van der Waals surface area (Å²) in [6.07, 6.45) is 5.79. The Morgan fingerprint density at radius 3 is 2.45 bits per heavy atom. The average molecular weight is 309 g/mol. The highest BCUT2D eigenvalue weighted by Crippen LogP contribution is 2.40. The second kappa shape index (κ2) is 6.97. The number of ether oxygens (including phenoxy) is 3. The molecule has 5 heteroatoms. The van der Waals surface area contributed by atoms with Gasteiger partial charge in [-0.1, -0.05) is 6.42 Å². The van der Waals surface area contributed by atoms with Gasteiger partial charge in [0.25, 0.3) is 0 Å². The highest BCUT2D eigenvalue weighted by Gasteiger charge is 2.44. The lowest BCUT2D eigenvalue weighted by Crippen LogP contribution is -2.50. The molecule has 0 unspecified atom stereocenters. The van der Waals surface area contributed by atoms with Crippen molar-refractivity contribution in [3.63, 3.8) is 0 Å². The minimum atomic E-state index is -0.593. The summed E-state index contributed by atoms with van der Waals surface area (Å²) in [5.74, 6) is -0.842. The van der Waals surface area contributed by atoms with Crippen LogP contribution in [0.2, 0.25) is 0 Å². The van der Waals surface area contributed by atoms with Crippen LogP contribution in [0.3, 0.4) is 0 Å². The monoisotopic (exact) mass is 309 g/mol. The molecule has 0 N–H and O–H groups in total. The number of esters is 1. The second-order valence-electron chi connectivity index (χ2n) is 7.34. The van der Waals surface area contributed by atoms with Gasteiger partial charge in [0.05, 0.1) is 31.1 Å². The van der Waals surface area contributed by atoms with Crippen molar-refractivity contribution in [2.45, 2.75) is 95.7 Å². The van der Waals surface area contributed by atoms with Crippen molar-refractivity contribution in [3.8, 4) is 6.07 Å². The van der Waals surface area contributed by atoms with Crippen LogP contribution in [0.4, 0.5) is 0 Å². The quantitative estimate of drug-likeness (QED) is 0.747. The lowest BCUT2D eigenvalue weighted by atomic mass is 9.91. The van der Waals surface area contributed by atoms with Crippen LogP contribution < -0.4 is 0 Å². The van der Waals surface area contributed by atoms with E-state index in [-0.39, 0.29) is 24.6 Å². The van der Waals surface area contributed by atoms with E-state index in [0.717, 1.165) is 25.7 Å². The van der Waals surface area contributed by atoms with E-state index in [1.165, 1.54) is 6.42 Å². The lowest BCUT2D eigenvalue weighted by Gasteiger charge is -2.46. The second-order valence-corrected chi connectivity index (χ2v) is 7.34. The zero-order chi connectivity index (χ0) is 16.2. The third-order valence-electron chi connectivity index (χ3n) is 4.04. The third-order valence-corrected chi connectivity index (χ3v) is 4.04. The largest absolute Gasteiger partial charge is 0.460 e. The summed E-state index contributed by atoms with van der Waals surface area (Å²) in [4.78, 5) is 12.1. The van der Waals surface area contributed by atoms with Gasteiger partial charge in [-0.15, -0.1) is 0 Å². The van der Waals surface area contributed by atoms with E-state index >= 15 is 0 Å². The summed E-state index contributed by atoms with van der Waals surface area (Å²) in [5.41, 5.74) is -0.489. The molecule has 5 nitrogen and oxygen atoms in total. The van der Waals surface area contributed by atoms with Crippen LogP contribution in [0.25, 0.3) is 0 Å². The lowest BCUT2D eigenvalue weighted by molar-refractivity contribution is -0.328. The highest BCUT2D eigenvalue weighted by atomic mass is 16.7. The molecule has 1 spiro atoms. The van der Waals surface area contributed by atoms with E-state index in [2.05, 4.69) is 6.07 Å². The van der Waals surface area contributed by atoms with Crippen molar-refractivity contribution in [3.05, 3.63) is 0 Å². The first kappa shape index (κ1) is 17.2. The first-order chi connectivity index (χ1) is 10.3. The van der Waals surface area contributed by atoms with Crippen LogP contribution in [0.15, 0.2) is 0 Å². The normalized spacial score (nSPS) is 28.1. The van der Waals surface area contributed by atoms with Crippen LogP contribution in [-0.4, -0.2) is 29.6 Å². The number of carbonyl (C=O) groups is 1. The molecule has 1 heterocycles. The molecule has 2 aliphatic rings. The molecule has 1 aliphatic heterocycles. The van der Waals surface area contributed by atoms with Crippen molar-refractivity contribution >= 4 is 5.97 Å². The van der Waals surface area contributed by atoms with Gasteiger partial charge < -0.3 is 14.2 Å². The highest BCUT2D eigenvalue weighted by molar-refractivity contribution is 5.70. The Morgan fingerprint density at radius 1 is 1.23 bits per heavy atom. The smallest absolute Gasteiger partial charge is 0.308 e. The Balaban J connectivity index is 2.00. The molecule has 1 saturated carbocycles. The maximum absolute atomic E-state index is 12.1. The Bertz CT molecular complexity index is 429. The molecule has 0 aromatic heterocycles. The van der Waals surface area contributed by atoms with E-state index in [0.29, 0.717) is 12.8 Å². The minimum Gasteiger partial charge on any atom is -0.460 e. The molecule has 124 valence electrons. The van der Waals surface area contributed by atoms with E-state index in [9.17, 15) is 4.79 Å². The van der Waals surface area contributed by atoms with Gasteiger partial charge in [-0.25, -0.2) is 0 Å². The summed E-state index contributed by atoms with van der Waals surface area (Å²) < 4.78 is 17.6. The Kier molecular flexibility index (Phi) is 5.46. The van der Waals surface area contributed by atoms with E-state index in [1.807, 2.05) is 20.8 Å². The standard InChI is InChI=1S/C17H27NO4/c1-16(2,3)22-15(19)12-14-11-13(7-10-18)20-17(21-14)8-5-4-6-9-17/h13-14H,4-9,11-12H2,1-3H3/t13-,14-/m0/s1. The molecule has 1 aliphatic carbocycles. The fourth-order valence-corrected chi connectivity index (χ4v) is 3.27. The van der Waals surface area contributed by atoms with Crippen LogP contribution in [0.1, 0.15) is 72.1 Å². The molecule has 1 saturated heterocycles. The number of hydrogen-bond donors (Lipinski definition) is 0. The van der Waals surface area contributed by atoms with Crippen LogP contribution in [0.5, 0.6) is 0 Å². The predicted octanol–water partition coefficient (Wildman–Crippen LogP) is 3.47. The Labute approximate surface area is 132 Å². The van der Waals surface area contributed by atoms with Gasteiger partial charge in [0.1, 0.15) is 5.60 Å². The van der Waals surface area contributed by atoms with Gasteiger partial charge >= 0.3 is 5.97 Å². The number of rotatable bonds is 3. The summed E-state index contributed by atoms with van der Waals surface area (Å²) in [6.45, 7) is 5.57. The van der Waals surface area contributed by atoms with Gasteiger partial charge in [-0.3, -0.25) is 4.79 Å². The summed E-state index contributed by atoms with van der Waals surface area (Å²) in [6, 6.07) is 2.17. The van der Waals surface area contributed by atoms with Crippen molar-refractivity contribution in [2.24, 2.45) is 0 Å². The van der Waals surface area contributed by atoms with Crippen molar-refractivity contribution in [1.29, 1.82) is 5.26 Å². The van der Waals surface area contributed by atoms with E-state index in [4.69, 9.17) is 19.5 Å². The summed E-state index contributed by atoms with van der Waals surface area (Å²) >= 11 is 0. The van der Waals surface area contributed by atoms with Crippen LogP contribution in [-0.2, 0) is 19.0 Å². The number of carbonyl (C=O) groups excluding carboxylic acids is 1. The molecule has 0 aromatic carbocycles. The zero-order valence-electron chi connectivity index (χ0n) is 13.9. The first-order valence-electron chi connectivity index (χ1n) is 8.26. The molecule has 0 bridgehead atoms. The van der Waals surface area contributed by atoms with Gasteiger partial charge in [0.15, 0.2) is 5.79 Å². The zero-order valence-corrected chi connectivity index (χ0v) is 13.9. The fourth-order valence-electron chi connectivity index (χ4n) is 3.27. The summed E-state index contributed by atoms with van der Waals surface area (Å²) in [5, 5.41) is 8.96. The third kappa shape index (κ3) is 4.96. The first-order valence-corrected chi connectivity index (χ1v) is 8.26. The molecule has 0 radical (unpaired) electrons.